The van der Waals surface area contributed by atoms with Crippen LogP contribution in [-0.2, 0) is 11.2 Å². The van der Waals surface area contributed by atoms with Gasteiger partial charge in [0.25, 0.3) is 0 Å². The summed E-state index contributed by atoms with van der Waals surface area (Å²) in [5.74, 6) is 0.596. The first-order chi connectivity index (χ1) is 13.0. The number of amides is 1. The van der Waals surface area contributed by atoms with Crippen LogP contribution in [0.4, 0.5) is 0 Å². The average molecular weight is 402 g/mol. The van der Waals surface area contributed by atoms with Crippen molar-refractivity contribution in [2.24, 2.45) is 5.92 Å². The number of hydrogen-bond donors (Lipinski definition) is 2. The highest BCUT2D eigenvalue weighted by Gasteiger charge is 2.23. The minimum absolute atomic E-state index is 0. The molecule has 1 fully saturated rings. The molecule has 0 spiro atoms. The molecule has 150 valence electrons. The summed E-state index contributed by atoms with van der Waals surface area (Å²) in [6.45, 7) is 8.22. The van der Waals surface area contributed by atoms with Gasteiger partial charge >= 0.3 is 0 Å². The fourth-order valence-electron chi connectivity index (χ4n) is 4.08. The van der Waals surface area contributed by atoms with Crippen LogP contribution >= 0.6 is 12.4 Å². The van der Waals surface area contributed by atoms with E-state index in [0.29, 0.717) is 18.8 Å². The molecule has 2 unspecified atom stereocenters. The number of aromatic nitrogens is 3. The highest BCUT2D eigenvalue weighted by Crippen LogP contribution is 2.23. The van der Waals surface area contributed by atoms with Gasteiger partial charge in [0.05, 0.1) is 5.52 Å². The van der Waals surface area contributed by atoms with E-state index in [4.69, 9.17) is 10.1 Å². The molecule has 0 bridgehead atoms. The van der Waals surface area contributed by atoms with E-state index in [1.54, 1.807) is 0 Å². The topological polar surface area (TPSA) is 71.3 Å². The van der Waals surface area contributed by atoms with Gasteiger partial charge in [-0.3, -0.25) is 4.79 Å². The molecular formula is C21H28ClN5O. The van der Waals surface area contributed by atoms with E-state index in [1.165, 1.54) is 0 Å². The Morgan fingerprint density at radius 1 is 1.32 bits per heavy atom. The lowest BCUT2D eigenvalue weighted by molar-refractivity contribution is -0.122. The lowest BCUT2D eigenvalue weighted by atomic mass is 9.95. The van der Waals surface area contributed by atoms with E-state index in [-0.39, 0.29) is 24.4 Å². The standard InChI is InChI=1S/C21H27N5O.ClH/c1-13-12-22-11-10-18(13)24-20(27)9-8-16-14(2)23-21-17-6-4-5-7-19(17)25-26(21)15(16)3;/h4-7,13,18,22H,8-12H2,1-3H3,(H,24,27);1H. The van der Waals surface area contributed by atoms with Gasteiger partial charge in [-0.05, 0) is 63.4 Å². The van der Waals surface area contributed by atoms with Gasteiger partial charge in [0.15, 0.2) is 5.65 Å². The zero-order chi connectivity index (χ0) is 19.0. The molecule has 2 aromatic heterocycles. The molecule has 2 atom stereocenters. The second-order valence-corrected chi connectivity index (χ2v) is 7.66. The van der Waals surface area contributed by atoms with E-state index < -0.39 is 0 Å². The van der Waals surface area contributed by atoms with Gasteiger partial charge in [-0.1, -0.05) is 19.1 Å². The van der Waals surface area contributed by atoms with Crippen LogP contribution in [0.15, 0.2) is 24.3 Å². The van der Waals surface area contributed by atoms with E-state index in [0.717, 1.165) is 53.0 Å². The van der Waals surface area contributed by atoms with Crippen molar-refractivity contribution in [3.05, 3.63) is 41.2 Å². The molecule has 3 heterocycles. The molecule has 0 saturated carbocycles. The summed E-state index contributed by atoms with van der Waals surface area (Å²) in [7, 11) is 0. The molecule has 1 aliphatic rings. The number of piperidine rings is 1. The summed E-state index contributed by atoms with van der Waals surface area (Å²) >= 11 is 0. The Bertz CT molecular complexity index is 999. The van der Waals surface area contributed by atoms with Crippen LogP contribution in [0.2, 0.25) is 0 Å². The molecule has 0 aliphatic carbocycles. The Balaban J connectivity index is 0.00000225. The molecule has 1 amide bonds. The second kappa shape index (κ2) is 8.45. The number of aryl methyl sites for hydroxylation is 2. The van der Waals surface area contributed by atoms with Gasteiger partial charge in [-0.15, -0.1) is 12.4 Å². The molecule has 28 heavy (non-hydrogen) atoms. The first-order valence-electron chi connectivity index (χ1n) is 9.78. The quantitative estimate of drug-likeness (QED) is 0.705. The fraction of sp³-hybridized carbons (Fsp3) is 0.476. The zero-order valence-corrected chi connectivity index (χ0v) is 17.5. The first-order valence-corrected chi connectivity index (χ1v) is 9.78. The molecule has 6 nitrogen and oxygen atoms in total. The van der Waals surface area contributed by atoms with Crippen LogP contribution in [0.3, 0.4) is 0 Å². The number of carbonyl (C=O) groups is 1. The van der Waals surface area contributed by atoms with Crippen molar-refractivity contribution in [3.8, 4) is 0 Å². The number of carbonyl (C=O) groups excluding carboxylic acids is 1. The summed E-state index contributed by atoms with van der Waals surface area (Å²) in [6, 6.07) is 8.33. The maximum Gasteiger partial charge on any atom is 0.220 e. The largest absolute Gasteiger partial charge is 0.353 e. The normalized spacial score (nSPS) is 19.5. The summed E-state index contributed by atoms with van der Waals surface area (Å²) in [6.07, 6.45) is 2.16. The van der Waals surface area contributed by atoms with Gasteiger partial charge in [0.2, 0.25) is 5.91 Å². The third kappa shape index (κ3) is 3.84. The monoisotopic (exact) mass is 401 g/mol. The third-order valence-electron chi connectivity index (χ3n) is 5.75. The summed E-state index contributed by atoms with van der Waals surface area (Å²) in [4.78, 5) is 17.3. The number of nitrogens with one attached hydrogen (secondary N) is 2. The van der Waals surface area contributed by atoms with E-state index in [1.807, 2.05) is 29.6 Å². The number of benzene rings is 1. The predicted molar refractivity (Wildman–Crippen MR) is 114 cm³/mol. The Morgan fingerprint density at radius 2 is 2.11 bits per heavy atom. The van der Waals surface area contributed by atoms with Crippen LogP contribution in [0.25, 0.3) is 16.6 Å². The van der Waals surface area contributed by atoms with Gasteiger partial charge in [-0.25, -0.2) is 9.50 Å². The molecule has 0 radical (unpaired) electrons. The van der Waals surface area contributed by atoms with E-state index in [9.17, 15) is 4.79 Å². The minimum atomic E-state index is 0. The molecule has 4 rings (SSSR count). The lowest BCUT2D eigenvalue weighted by Gasteiger charge is -2.30. The second-order valence-electron chi connectivity index (χ2n) is 7.66. The van der Waals surface area contributed by atoms with Crippen LogP contribution in [0.1, 0.15) is 36.7 Å². The Kier molecular flexibility index (Phi) is 6.20. The van der Waals surface area contributed by atoms with Crippen molar-refractivity contribution in [3.63, 3.8) is 0 Å². The van der Waals surface area contributed by atoms with Crippen molar-refractivity contribution in [2.75, 3.05) is 13.1 Å². The fourth-order valence-corrected chi connectivity index (χ4v) is 4.08. The molecular weight excluding hydrogens is 374 g/mol. The van der Waals surface area contributed by atoms with Gasteiger partial charge in [-0.2, -0.15) is 5.10 Å². The number of halogens is 1. The summed E-state index contributed by atoms with van der Waals surface area (Å²) in [5, 5.41) is 12.3. The maximum absolute atomic E-state index is 12.5. The number of hydrogen-bond acceptors (Lipinski definition) is 4. The Labute approximate surface area is 171 Å². The summed E-state index contributed by atoms with van der Waals surface area (Å²) in [5.41, 5.74) is 4.99. The van der Waals surface area contributed by atoms with Crippen molar-refractivity contribution < 1.29 is 4.79 Å². The highest BCUT2D eigenvalue weighted by atomic mass is 35.5. The van der Waals surface area contributed by atoms with Crippen LogP contribution < -0.4 is 10.6 Å². The van der Waals surface area contributed by atoms with Crippen molar-refractivity contribution in [2.45, 2.75) is 46.1 Å². The average Bonchev–Trinajstić information content (AvgIpc) is 3.02. The molecule has 2 N–H and O–H groups in total. The third-order valence-corrected chi connectivity index (χ3v) is 5.75. The minimum Gasteiger partial charge on any atom is -0.353 e. The van der Waals surface area contributed by atoms with Crippen LogP contribution in [0, 0.1) is 19.8 Å². The summed E-state index contributed by atoms with van der Waals surface area (Å²) < 4.78 is 1.92. The van der Waals surface area contributed by atoms with Crippen LogP contribution in [-0.4, -0.2) is 39.6 Å². The first kappa shape index (κ1) is 20.6. The van der Waals surface area contributed by atoms with Crippen molar-refractivity contribution >= 4 is 34.9 Å². The molecule has 7 heteroatoms. The Morgan fingerprint density at radius 3 is 2.89 bits per heavy atom. The highest BCUT2D eigenvalue weighted by molar-refractivity contribution is 5.92. The maximum atomic E-state index is 12.5. The molecule has 1 aliphatic heterocycles. The zero-order valence-electron chi connectivity index (χ0n) is 16.7. The van der Waals surface area contributed by atoms with Gasteiger partial charge < -0.3 is 10.6 Å². The van der Waals surface area contributed by atoms with Gasteiger partial charge in [0, 0.05) is 29.2 Å². The lowest BCUT2D eigenvalue weighted by Crippen LogP contribution is -2.48. The van der Waals surface area contributed by atoms with Crippen LogP contribution in [0.5, 0.6) is 0 Å². The van der Waals surface area contributed by atoms with Gasteiger partial charge in [0.1, 0.15) is 0 Å². The van der Waals surface area contributed by atoms with E-state index in [2.05, 4.69) is 30.5 Å². The smallest absolute Gasteiger partial charge is 0.220 e. The molecule has 1 aromatic carbocycles. The Hall–Kier alpha value is -2.18. The number of rotatable bonds is 4. The van der Waals surface area contributed by atoms with Crippen molar-refractivity contribution in [1.29, 1.82) is 0 Å². The molecule has 1 saturated heterocycles. The molecule has 3 aromatic rings. The number of nitrogens with zero attached hydrogens (tertiary/aromatic N) is 3. The van der Waals surface area contributed by atoms with Crippen molar-refractivity contribution in [1.82, 2.24) is 25.2 Å². The number of fused-ring (bicyclic) bond motifs is 3. The predicted octanol–water partition coefficient (Wildman–Crippen LogP) is 2.97. The van der Waals surface area contributed by atoms with E-state index >= 15 is 0 Å². The SMILES string of the molecule is Cc1nc2c3ccccc3nn2c(C)c1CCC(=O)NC1CCNCC1C.Cl.